The topological polar surface area (TPSA) is 105 Å². The molecule has 162 valence electrons. The summed E-state index contributed by atoms with van der Waals surface area (Å²) in [5.41, 5.74) is 7.25. The van der Waals surface area contributed by atoms with Gasteiger partial charge in [-0.1, -0.05) is 45.0 Å². The molecule has 0 radical (unpaired) electrons. The third kappa shape index (κ3) is 3.81. The Kier molecular flexibility index (Phi) is 5.09. The molecule has 1 spiro atoms. The van der Waals surface area contributed by atoms with Gasteiger partial charge in [-0.05, 0) is 41.7 Å². The first-order valence-corrected chi connectivity index (χ1v) is 10.5. The van der Waals surface area contributed by atoms with E-state index in [4.69, 9.17) is 5.73 Å². The van der Waals surface area contributed by atoms with Crippen LogP contribution in [0.4, 0.5) is 11.4 Å². The van der Waals surface area contributed by atoms with Crippen molar-refractivity contribution in [3.05, 3.63) is 59.7 Å². The van der Waals surface area contributed by atoms with Crippen LogP contribution in [0.2, 0.25) is 0 Å². The fourth-order valence-electron chi connectivity index (χ4n) is 4.55. The van der Waals surface area contributed by atoms with Crippen LogP contribution in [0.25, 0.3) is 0 Å². The van der Waals surface area contributed by atoms with Crippen molar-refractivity contribution < 1.29 is 14.4 Å². The van der Waals surface area contributed by atoms with Gasteiger partial charge >= 0.3 is 0 Å². The summed E-state index contributed by atoms with van der Waals surface area (Å²) in [4.78, 5) is 39.8. The molecule has 2 heterocycles. The standard InChI is InChI=1S/C24H28N4O3/c1-23(2,3)14-28-19-10-5-4-9-17(19)24(22(28)31)12-18(26-13-24)21(30)27-16-8-6-7-15(11-16)20(25)29/h4-11,18,26H,12-14H2,1-3H3,(H2,25,29)(H,27,30). The van der Waals surface area contributed by atoms with Crippen molar-refractivity contribution in [3.63, 3.8) is 0 Å². The molecule has 0 aliphatic carbocycles. The van der Waals surface area contributed by atoms with Crippen molar-refractivity contribution in [1.29, 1.82) is 0 Å². The Hall–Kier alpha value is -3.19. The number of para-hydroxylation sites is 1. The van der Waals surface area contributed by atoms with E-state index in [1.165, 1.54) is 0 Å². The first-order valence-electron chi connectivity index (χ1n) is 10.5. The fraction of sp³-hybridized carbons (Fsp3) is 0.375. The van der Waals surface area contributed by atoms with Gasteiger partial charge in [0.15, 0.2) is 0 Å². The Morgan fingerprint density at radius 3 is 2.65 bits per heavy atom. The molecular formula is C24H28N4O3. The van der Waals surface area contributed by atoms with Gasteiger partial charge in [0.1, 0.15) is 0 Å². The van der Waals surface area contributed by atoms with Gasteiger partial charge in [0.25, 0.3) is 0 Å². The van der Waals surface area contributed by atoms with Gasteiger partial charge in [0, 0.05) is 30.0 Å². The minimum absolute atomic E-state index is 0.0437. The van der Waals surface area contributed by atoms with E-state index in [1.807, 2.05) is 29.2 Å². The van der Waals surface area contributed by atoms with E-state index < -0.39 is 17.4 Å². The monoisotopic (exact) mass is 420 g/mol. The van der Waals surface area contributed by atoms with E-state index in [0.29, 0.717) is 30.8 Å². The van der Waals surface area contributed by atoms with Crippen molar-refractivity contribution >= 4 is 29.1 Å². The molecule has 0 bridgehead atoms. The molecule has 4 rings (SSSR count). The zero-order valence-corrected chi connectivity index (χ0v) is 18.1. The number of nitrogens with zero attached hydrogens (tertiary/aromatic N) is 1. The number of anilines is 2. The molecule has 1 fully saturated rings. The van der Waals surface area contributed by atoms with E-state index in [-0.39, 0.29) is 17.2 Å². The molecule has 2 aromatic rings. The summed E-state index contributed by atoms with van der Waals surface area (Å²) in [6.07, 6.45) is 0.380. The van der Waals surface area contributed by atoms with Gasteiger partial charge in [0.05, 0.1) is 11.5 Å². The molecule has 2 unspecified atom stereocenters. The van der Waals surface area contributed by atoms with Gasteiger partial charge < -0.3 is 21.3 Å². The van der Waals surface area contributed by atoms with Crippen molar-refractivity contribution in [2.45, 2.75) is 38.6 Å². The normalized spacial score (nSPS) is 22.6. The minimum Gasteiger partial charge on any atom is -0.366 e. The number of hydrogen-bond donors (Lipinski definition) is 3. The predicted molar refractivity (Wildman–Crippen MR) is 120 cm³/mol. The molecular weight excluding hydrogens is 392 g/mol. The SMILES string of the molecule is CC(C)(C)CN1C(=O)C2(CNC(C(=O)Nc3cccc(C(N)=O)c3)C2)c2ccccc21. The quantitative estimate of drug-likeness (QED) is 0.706. The second-order valence-electron chi connectivity index (χ2n) is 9.62. The lowest BCUT2D eigenvalue weighted by Crippen LogP contribution is -2.44. The van der Waals surface area contributed by atoms with E-state index >= 15 is 0 Å². The number of nitrogens with one attached hydrogen (secondary N) is 2. The minimum atomic E-state index is -0.751. The number of carbonyl (C=O) groups excluding carboxylic acids is 3. The molecule has 3 amide bonds. The number of nitrogens with two attached hydrogens (primary N) is 1. The predicted octanol–water partition coefficient (Wildman–Crippen LogP) is 2.42. The van der Waals surface area contributed by atoms with Crippen LogP contribution in [0, 0.1) is 5.41 Å². The highest BCUT2D eigenvalue weighted by Gasteiger charge is 2.56. The van der Waals surface area contributed by atoms with E-state index in [2.05, 4.69) is 31.4 Å². The number of rotatable bonds is 4. The lowest BCUT2D eigenvalue weighted by molar-refractivity contribution is -0.123. The van der Waals surface area contributed by atoms with Gasteiger partial charge in [0.2, 0.25) is 17.7 Å². The maximum absolute atomic E-state index is 13.6. The zero-order chi connectivity index (χ0) is 22.4. The Morgan fingerprint density at radius 2 is 1.94 bits per heavy atom. The highest BCUT2D eigenvalue weighted by molar-refractivity contribution is 6.10. The second-order valence-corrected chi connectivity index (χ2v) is 9.62. The van der Waals surface area contributed by atoms with Crippen LogP contribution in [-0.2, 0) is 15.0 Å². The van der Waals surface area contributed by atoms with Crippen LogP contribution < -0.4 is 21.3 Å². The molecule has 7 heteroatoms. The number of benzene rings is 2. The molecule has 0 aromatic heterocycles. The summed E-state index contributed by atoms with van der Waals surface area (Å²) in [5.74, 6) is -0.749. The average Bonchev–Trinajstić information content (AvgIpc) is 3.25. The van der Waals surface area contributed by atoms with Gasteiger partial charge in [-0.2, -0.15) is 0 Å². The van der Waals surface area contributed by atoms with Gasteiger partial charge in [-0.15, -0.1) is 0 Å². The maximum atomic E-state index is 13.6. The molecule has 2 aliphatic heterocycles. The summed E-state index contributed by atoms with van der Waals surface area (Å²) in [6, 6.07) is 13.9. The number of fused-ring (bicyclic) bond motifs is 2. The summed E-state index contributed by atoms with van der Waals surface area (Å²) in [7, 11) is 0. The third-order valence-electron chi connectivity index (χ3n) is 5.93. The molecule has 2 aromatic carbocycles. The van der Waals surface area contributed by atoms with E-state index in [1.54, 1.807) is 24.3 Å². The lowest BCUT2D eigenvalue weighted by atomic mass is 9.79. The van der Waals surface area contributed by atoms with Crippen LogP contribution in [0.5, 0.6) is 0 Å². The van der Waals surface area contributed by atoms with Crippen LogP contribution in [0.1, 0.15) is 43.1 Å². The van der Waals surface area contributed by atoms with Crippen molar-refractivity contribution in [1.82, 2.24) is 5.32 Å². The molecule has 1 saturated heterocycles. The number of primary amides is 1. The van der Waals surface area contributed by atoms with Crippen LogP contribution in [-0.4, -0.2) is 36.9 Å². The van der Waals surface area contributed by atoms with Gasteiger partial charge in [-0.25, -0.2) is 0 Å². The second kappa shape index (κ2) is 7.50. The number of amides is 3. The van der Waals surface area contributed by atoms with Gasteiger partial charge in [-0.3, -0.25) is 14.4 Å². The summed E-state index contributed by atoms with van der Waals surface area (Å²) >= 11 is 0. The third-order valence-corrected chi connectivity index (χ3v) is 5.93. The molecule has 31 heavy (non-hydrogen) atoms. The van der Waals surface area contributed by atoms with Crippen LogP contribution >= 0.6 is 0 Å². The molecule has 4 N–H and O–H groups in total. The molecule has 2 atom stereocenters. The highest BCUT2D eigenvalue weighted by atomic mass is 16.2. The Morgan fingerprint density at radius 1 is 1.19 bits per heavy atom. The highest BCUT2D eigenvalue weighted by Crippen LogP contribution is 2.47. The Bertz CT molecular complexity index is 1060. The number of hydrogen-bond acceptors (Lipinski definition) is 4. The summed E-state index contributed by atoms with van der Waals surface area (Å²) in [6.45, 7) is 7.34. The zero-order valence-electron chi connectivity index (χ0n) is 18.1. The van der Waals surface area contributed by atoms with Crippen LogP contribution in [0.3, 0.4) is 0 Å². The molecule has 2 aliphatic rings. The largest absolute Gasteiger partial charge is 0.366 e. The number of carbonyl (C=O) groups is 3. The average molecular weight is 421 g/mol. The molecule has 7 nitrogen and oxygen atoms in total. The Balaban J connectivity index is 1.57. The van der Waals surface area contributed by atoms with Crippen LogP contribution in [0.15, 0.2) is 48.5 Å². The fourth-order valence-corrected chi connectivity index (χ4v) is 4.55. The van der Waals surface area contributed by atoms with Crippen molar-refractivity contribution in [3.8, 4) is 0 Å². The lowest BCUT2D eigenvalue weighted by Gasteiger charge is -2.29. The van der Waals surface area contributed by atoms with E-state index in [9.17, 15) is 14.4 Å². The van der Waals surface area contributed by atoms with Crippen molar-refractivity contribution in [2.75, 3.05) is 23.3 Å². The summed E-state index contributed by atoms with van der Waals surface area (Å²) in [5, 5.41) is 6.09. The smallest absolute Gasteiger partial charge is 0.248 e. The summed E-state index contributed by atoms with van der Waals surface area (Å²) < 4.78 is 0. The molecule has 0 saturated carbocycles. The first kappa shape index (κ1) is 21.1. The first-order chi connectivity index (χ1) is 14.6. The van der Waals surface area contributed by atoms with E-state index in [0.717, 1.165) is 11.3 Å². The Labute approximate surface area is 182 Å². The van der Waals surface area contributed by atoms with Crippen molar-refractivity contribution in [2.24, 2.45) is 11.1 Å². The maximum Gasteiger partial charge on any atom is 0.248 e.